The third-order valence-electron chi connectivity index (χ3n) is 1.21. The van der Waals surface area contributed by atoms with Gasteiger partial charge in [0.1, 0.15) is 17.4 Å². The Bertz CT molecular complexity index is 279. The molecule has 0 bridgehead atoms. The standard InChI is InChI=1S/C9H11F2NO/c1-4-7(10)9(8(11)5-2)12-6(3)13/h4-5H,1H2,2-3H3,(H,12,13). The Balaban J connectivity index is 4.98. The summed E-state index contributed by atoms with van der Waals surface area (Å²) in [7, 11) is 0. The second kappa shape index (κ2) is 5.24. The molecule has 4 heteroatoms. The lowest BCUT2D eigenvalue weighted by molar-refractivity contribution is -0.118. The molecule has 13 heavy (non-hydrogen) atoms. The van der Waals surface area contributed by atoms with Crippen LogP contribution in [-0.4, -0.2) is 5.91 Å². The van der Waals surface area contributed by atoms with Crippen LogP contribution >= 0.6 is 0 Å². The Morgan fingerprint density at radius 1 is 1.46 bits per heavy atom. The van der Waals surface area contributed by atoms with Crippen molar-refractivity contribution in [1.82, 2.24) is 5.32 Å². The van der Waals surface area contributed by atoms with Crippen LogP contribution in [0.2, 0.25) is 0 Å². The Morgan fingerprint density at radius 2 is 2.00 bits per heavy atom. The number of allylic oxidation sites excluding steroid dienone is 4. The van der Waals surface area contributed by atoms with Crippen molar-refractivity contribution < 1.29 is 13.6 Å². The first-order valence-corrected chi connectivity index (χ1v) is 3.65. The fraction of sp³-hybridized carbons (Fsp3) is 0.222. The molecular formula is C9H11F2NO. The molecule has 0 saturated heterocycles. The molecule has 0 heterocycles. The lowest BCUT2D eigenvalue weighted by Gasteiger charge is -2.05. The van der Waals surface area contributed by atoms with Gasteiger partial charge in [-0.1, -0.05) is 6.58 Å². The molecule has 0 aliphatic rings. The molecule has 0 saturated carbocycles. The van der Waals surface area contributed by atoms with Gasteiger partial charge in [0, 0.05) is 6.92 Å². The Morgan fingerprint density at radius 3 is 2.31 bits per heavy atom. The van der Waals surface area contributed by atoms with Crippen LogP contribution in [0.25, 0.3) is 0 Å². The van der Waals surface area contributed by atoms with Gasteiger partial charge in [0.15, 0.2) is 0 Å². The first kappa shape index (κ1) is 11.6. The van der Waals surface area contributed by atoms with E-state index in [1.165, 1.54) is 13.8 Å². The maximum absolute atomic E-state index is 12.9. The molecule has 0 atom stereocenters. The predicted molar refractivity (Wildman–Crippen MR) is 47.0 cm³/mol. The quantitative estimate of drug-likeness (QED) is 0.675. The summed E-state index contributed by atoms with van der Waals surface area (Å²) in [5.74, 6) is -2.26. The molecule has 0 aromatic carbocycles. The third kappa shape index (κ3) is 3.64. The van der Waals surface area contributed by atoms with Crippen LogP contribution in [0.1, 0.15) is 13.8 Å². The molecule has 0 spiro atoms. The minimum absolute atomic E-state index is 0.481. The summed E-state index contributed by atoms with van der Waals surface area (Å²) in [5, 5.41) is 2.03. The van der Waals surface area contributed by atoms with E-state index in [4.69, 9.17) is 0 Å². The summed E-state index contributed by atoms with van der Waals surface area (Å²) in [5.41, 5.74) is -0.481. The summed E-state index contributed by atoms with van der Waals surface area (Å²) < 4.78 is 25.8. The molecule has 2 nitrogen and oxygen atoms in total. The fourth-order valence-electron chi connectivity index (χ4n) is 0.656. The second-order valence-electron chi connectivity index (χ2n) is 2.24. The zero-order valence-electron chi connectivity index (χ0n) is 7.53. The van der Waals surface area contributed by atoms with Crippen LogP contribution in [0, 0.1) is 0 Å². The number of amides is 1. The number of hydrogen-bond acceptors (Lipinski definition) is 1. The lowest BCUT2D eigenvalue weighted by Crippen LogP contribution is -2.20. The van der Waals surface area contributed by atoms with Crippen LogP contribution in [0.4, 0.5) is 8.78 Å². The average Bonchev–Trinajstić information content (AvgIpc) is 2.11. The molecule has 0 aliphatic heterocycles. The van der Waals surface area contributed by atoms with E-state index < -0.39 is 23.3 Å². The first-order chi connectivity index (χ1) is 6.02. The van der Waals surface area contributed by atoms with Crippen LogP contribution in [0.5, 0.6) is 0 Å². The van der Waals surface area contributed by atoms with E-state index in [1.54, 1.807) is 0 Å². The van der Waals surface area contributed by atoms with E-state index in [2.05, 4.69) is 6.58 Å². The van der Waals surface area contributed by atoms with E-state index in [0.29, 0.717) is 0 Å². The molecular weight excluding hydrogens is 176 g/mol. The summed E-state index contributed by atoms with van der Waals surface area (Å²) in [4.78, 5) is 10.6. The van der Waals surface area contributed by atoms with Gasteiger partial charge in [-0.05, 0) is 19.1 Å². The van der Waals surface area contributed by atoms with Crippen LogP contribution < -0.4 is 5.32 Å². The summed E-state index contributed by atoms with van der Waals surface area (Å²) >= 11 is 0. The van der Waals surface area contributed by atoms with E-state index in [1.807, 2.05) is 5.32 Å². The normalized spacial score (nSPS) is 13.4. The molecule has 0 aliphatic carbocycles. The van der Waals surface area contributed by atoms with Gasteiger partial charge in [-0.2, -0.15) is 0 Å². The molecule has 0 fully saturated rings. The maximum atomic E-state index is 12.9. The van der Waals surface area contributed by atoms with E-state index in [0.717, 1.165) is 12.2 Å². The van der Waals surface area contributed by atoms with E-state index >= 15 is 0 Å². The van der Waals surface area contributed by atoms with Crippen molar-refractivity contribution in [3.05, 3.63) is 36.1 Å². The van der Waals surface area contributed by atoms with Crippen LogP contribution in [-0.2, 0) is 4.79 Å². The minimum Gasteiger partial charge on any atom is -0.321 e. The number of carbonyl (C=O) groups excluding carboxylic acids is 1. The molecule has 1 N–H and O–H groups in total. The van der Waals surface area contributed by atoms with Crippen LogP contribution in [0.15, 0.2) is 36.1 Å². The average molecular weight is 187 g/mol. The van der Waals surface area contributed by atoms with Crippen LogP contribution in [0.3, 0.4) is 0 Å². The van der Waals surface area contributed by atoms with Gasteiger partial charge < -0.3 is 5.32 Å². The number of halogens is 2. The van der Waals surface area contributed by atoms with Crippen molar-refractivity contribution in [2.24, 2.45) is 0 Å². The van der Waals surface area contributed by atoms with E-state index in [-0.39, 0.29) is 0 Å². The van der Waals surface area contributed by atoms with Gasteiger partial charge in [-0.25, -0.2) is 8.78 Å². The van der Waals surface area contributed by atoms with Gasteiger partial charge in [-0.3, -0.25) is 4.79 Å². The summed E-state index contributed by atoms with van der Waals surface area (Å²) in [6, 6.07) is 0. The minimum atomic E-state index is -0.897. The van der Waals surface area contributed by atoms with Gasteiger partial charge >= 0.3 is 0 Å². The Kier molecular flexibility index (Phi) is 4.66. The zero-order valence-corrected chi connectivity index (χ0v) is 7.53. The molecule has 0 aromatic rings. The van der Waals surface area contributed by atoms with Crippen molar-refractivity contribution in [1.29, 1.82) is 0 Å². The summed E-state index contributed by atoms with van der Waals surface area (Å²) in [6.07, 6.45) is 1.88. The first-order valence-electron chi connectivity index (χ1n) is 3.65. The predicted octanol–water partition coefficient (Wildman–Crippen LogP) is 2.36. The molecule has 0 radical (unpaired) electrons. The molecule has 72 valence electrons. The van der Waals surface area contributed by atoms with Gasteiger partial charge in [0.25, 0.3) is 0 Å². The number of nitrogens with one attached hydrogen (secondary N) is 1. The molecule has 0 rings (SSSR count). The van der Waals surface area contributed by atoms with Gasteiger partial charge in [0.05, 0.1) is 0 Å². The summed E-state index contributed by atoms with van der Waals surface area (Å²) in [6.45, 7) is 5.69. The highest BCUT2D eigenvalue weighted by atomic mass is 19.1. The lowest BCUT2D eigenvalue weighted by atomic mass is 10.3. The highest BCUT2D eigenvalue weighted by Crippen LogP contribution is 2.15. The van der Waals surface area contributed by atoms with Crippen molar-refractivity contribution >= 4 is 5.91 Å². The zero-order chi connectivity index (χ0) is 10.4. The Labute approximate surface area is 75.6 Å². The second-order valence-corrected chi connectivity index (χ2v) is 2.24. The van der Waals surface area contributed by atoms with Crippen molar-refractivity contribution in [2.75, 3.05) is 0 Å². The fourth-order valence-corrected chi connectivity index (χ4v) is 0.656. The van der Waals surface area contributed by atoms with E-state index in [9.17, 15) is 13.6 Å². The monoisotopic (exact) mass is 187 g/mol. The van der Waals surface area contributed by atoms with Gasteiger partial charge in [-0.15, -0.1) is 0 Å². The number of hydrogen-bond donors (Lipinski definition) is 1. The maximum Gasteiger partial charge on any atom is 0.221 e. The highest BCUT2D eigenvalue weighted by molar-refractivity contribution is 5.76. The number of carbonyl (C=O) groups is 1. The molecule has 0 unspecified atom stereocenters. The SMILES string of the molecule is C=CC(F)=C(NC(C)=O)C(F)=CC. The third-order valence-corrected chi connectivity index (χ3v) is 1.21. The topological polar surface area (TPSA) is 29.1 Å². The largest absolute Gasteiger partial charge is 0.321 e. The van der Waals surface area contributed by atoms with Gasteiger partial charge in [0.2, 0.25) is 5.91 Å². The molecule has 0 aromatic heterocycles. The number of rotatable bonds is 3. The van der Waals surface area contributed by atoms with Crippen molar-refractivity contribution in [3.63, 3.8) is 0 Å². The Hall–Kier alpha value is -1.45. The van der Waals surface area contributed by atoms with Crippen molar-refractivity contribution in [2.45, 2.75) is 13.8 Å². The molecule has 1 amide bonds. The van der Waals surface area contributed by atoms with Crippen molar-refractivity contribution in [3.8, 4) is 0 Å². The highest BCUT2D eigenvalue weighted by Gasteiger charge is 2.10. The smallest absolute Gasteiger partial charge is 0.221 e.